The zero-order valence-electron chi connectivity index (χ0n) is 24.5. The lowest BCUT2D eigenvalue weighted by Gasteiger charge is -2.26. The lowest BCUT2D eigenvalue weighted by Crippen LogP contribution is -2.41. The van der Waals surface area contributed by atoms with E-state index in [2.05, 4.69) is 10.1 Å². The van der Waals surface area contributed by atoms with Gasteiger partial charge in [0.2, 0.25) is 0 Å². The molecule has 230 valence electrons. The number of aromatic amines is 1. The molecular weight excluding hydrogens is 579 g/mol. The van der Waals surface area contributed by atoms with Crippen LogP contribution in [0.15, 0.2) is 64.3 Å². The predicted octanol–water partition coefficient (Wildman–Crippen LogP) is 3.25. The molecule has 4 rings (SSSR count). The number of carbonyl (C=O) groups is 1. The number of nitriles is 1. The number of aromatic nitrogens is 2. The molecule has 1 fully saturated rings. The van der Waals surface area contributed by atoms with Crippen LogP contribution in [0.5, 0.6) is 5.75 Å². The van der Waals surface area contributed by atoms with Crippen LogP contribution in [0.2, 0.25) is 0 Å². The van der Waals surface area contributed by atoms with Gasteiger partial charge in [0.25, 0.3) is 5.56 Å². The van der Waals surface area contributed by atoms with Crippen molar-refractivity contribution in [2.24, 2.45) is 10.8 Å². The van der Waals surface area contributed by atoms with E-state index in [4.69, 9.17) is 18.5 Å². The maximum absolute atomic E-state index is 14.2. The van der Waals surface area contributed by atoms with Crippen molar-refractivity contribution in [3.63, 3.8) is 0 Å². The number of esters is 1. The minimum Gasteiger partial charge on any atom is -0.464 e. The minimum atomic E-state index is -4.40. The average molecular weight is 615 g/mol. The van der Waals surface area contributed by atoms with Crippen molar-refractivity contribution < 1.29 is 33.0 Å². The summed E-state index contributed by atoms with van der Waals surface area (Å²) in [7, 11) is -4.40. The predicted molar refractivity (Wildman–Crippen MR) is 156 cm³/mol. The van der Waals surface area contributed by atoms with Crippen LogP contribution in [-0.4, -0.2) is 52.1 Å². The number of fused-ring (bicyclic) bond motifs is 1. The molecular formula is C29H35N4O9P. The summed E-state index contributed by atoms with van der Waals surface area (Å²) >= 11 is 0. The Bertz CT molecular complexity index is 1690. The Morgan fingerprint density at radius 3 is 2.60 bits per heavy atom. The molecule has 1 aromatic heterocycles. The van der Waals surface area contributed by atoms with Crippen LogP contribution in [0.1, 0.15) is 40.8 Å². The summed E-state index contributed by atoms with van der Waals surface area (Å²) < 4.78 is 38.1. The van der Waals surface area contributed by atoms with Crippen LogP contribution in [-0.2, 0) is 23.4 Å². The third-order valence-corrected chi connectivity index (χ3v) is 8.49. The largest absolute Gasteiger partial charge is 0.464 e. The van der Waals surface area contributed by atoms with Crippen molar-refractivity contribution >= 4 is 24.5 Å². The second kappa shape index (κ2) is 12.4. The summed E-state index contributed by atoms with van der Waals surface area (Å²) in [5.41, 5.74) is -3.45. The van der Waals surface area contributed by atoms with Crippen molar-refractivity contribution in [3.05, 3.63) is 75.6 Å². The summed E-state index contributed by atoms with van der Waals surface area (Å²) in [4.78, 5) is 38.9. The minimum absolute atomic E-state index is 0.119. The van der Waals surface area contributed by atoms with Crippen LogP contribution < -0.4 is 20.9 Å². The fourth-order valence-corrected chi connectivity index (χ4v) is 6.02. The van der Waals surface area contributed by atoms with Gasteiger partial charge >= 0.3 is 19.4 Å². The van der Waals surface area contributed by atoms with Gasteiger partial charge in [0.05, 0.1) is 19.3 Å². The summed E-state index contributed by atoms with van der Waals surface area (Å²) in [6.45, 7) is 8.07. The summed E-state index contributed by atoms with van der Waals surface area (Å²) in [6, 6.07) is 14.3. The fraction of sp³-hybridized carbons (Fsp3) is 0.448. The maximum Gasteiger partial charge on any atom is 0.459 e. The standard InChI is InChI=1S/C29H35N4O9P/c1-18(25(36)39-17-28(2,3)4)32-43(38,42-21-12-8-10-19-9-6-7-11-20(19)21)40-15-22-24(35)29(5,16-30)26(41-22)33-14-13-23(34)31-27(33)37/h6-14,18,22,24,26,35H,15,17H2,1-5H3,(H,32,38)(H,31,34,37). The van der Waals surface area contributed by atoms with Gasteiger partial charge in [-0.15, -0.1) is 0 Å². The molecule has 43 heavy (non-hydrogen) atoms. The van der Waals surface area contributed by atoms with Crippen molar-refractivity contribution in [3.8, 4) is 11.8 Å². The highest BCUT2D eigenvalue weighted by molar-refractivity contribution is 7.52. The van der Waals surface area contributed by atoms with Crippen molar-refractivity contribution in [1.82, 2.24) is 14.6 Å². The van der Waals surface area contributed by atoms with E-state index in [9.17, 15) is 29.3 Å². The van der Waals surface area contributed by atoms with Gasteiger partial charge in [-0.25, -0.2) is 9.36 Å². The van der Waals surface area contributed by atoms with E-state index in [-0.39, 0.29) is 17.8 Å². The molecule has 0 bridgehead atoms. The van der Waals surface area contributed by atoms with Gasteiger partial charge in [-0.2, -0.15) is 10.3 Å². The van der Waals surface area contributed by atoms with E-state index in [1.165, 1.54) is 13.8 Å². The molecule has 0 spiro atoms. The molecule has 13 nitrogen and oxygen atoms in total. The van der Waals surface area contributed by atoms with Crippen LogP contribution in [0.25, 0.3) is 10.8 Å². The van der Waals surface area contributed by atoms with Gasteiger partial charge in [-0.3, -0.25) is 23.7 Å². The number of aliphatic hydroxyl groups excluding tert-OH is 1. The number of hydrogen-bond acceptors (Lipinski definition) is 10. The number of nitrogens with one attached hydrogen (secondary N) is 2. The van der Waals surface area contributed by atoms with Gasteiger partial charge in [0, 0.05) is 17.6 Å². The van der Waals surface area contributed by atoms with Gasteiger partial charge < -0.3 is 19.1 Å². The number of nitrogens with zero attached hydrogens (tertiary/aromatic N) is 2. The Morgan fingerprint density at radius 1 is 1.23 bits per heavy atom. The molecule has 3 N–H and O–H groups in total. The van der Waals surface area contributed by atoms with Gasteiger partial charge in [-0.1, -0.05) is 57.2 Å². The first-order chi connectivity index (χ1) is 20.2. The number of ether oxygens (including phenoxy) is 2. The number of benzene rings is 2. The molecule has 2 heterocycles. The number of H-pyrrole nitrogens is 1. The molecule has 6 unspecified atom stereocenters. The number of aliphatic hydroxyl groups is 1. The highest BCUT2D eigenvalue weighted by atomic mass is 31.2. The zero-order valence-corrected chi connectivity index (χ0v) is 25.4. The molecule has 0 aliphatic carbocycles. The van der Waals surface area contributed by atoms with E-state index in [1.54, 1.807) is 24.3 Å². The number of hydrogen-bond donors (Lipinski definition) is 3. The third kappa shape index (κ3) is 7.24. The second-order valence-electron chi connectivity index (χ2n) is 11.8. The maximum atomic E-state index is 14.2. The van der Waals surface area contributed by atoms with Crippen molar-refractivity contribution in [1.29, 1.82) is 5.26 Å². The quantitative estimate of drug-likeness (QED) is 0.225. The highest BCUT2D eigenvalue weighted by Gasteiger charge is 2.55. The van der Waals surface area contributed by atoms with E-state index in [0.29, 0.717) is 5.39 Å². The Morgan fingerprint density at radius 2 is 1.93 bits per heavy atom. The van der Waals surface area contributed by atoms with Gasteiger partial charge in [0.1, 0.15) is 29.4 Å². The monoisotopic (exact) mass is 614 g/mol. The third-order valence-electron chi connectivity index (χ3n) is 6.86. The topological polar surface area (TPSA) is 182 Å². The Balaban J connectivity index is 1.61. The molecule has 0 radical (unpaired) electrons. The molecule has 1 aliphatic rings. The molecule has 14 heteroatoms. The van der Waals surface area contributed by atoms with Crippen LogP contribution in [0.3, 0.4) is 0 Å². The van der Waals surface area contributed by atoms with Crippen LogP contribution in [0.4, 0.5) is 0 Å². The van der Waals surface area contributed by atoms with Crippen LogP contribution in [0, 0.1) is 22.2 Å². The fourth-order valence-electron chi connectivity index (χ4n) is 4.50. The van der Waals surface area contributed by atoms with Crippen LogP contribution >= 0.6 is 7.75 Å². The lowest BCUT2D eigenvalue weighted by molar-refractivity contribution is -0.148. The van der Waals surface area contributed by atoms with E-state index in [0.717, 1.165) is 22.2 Å². The molecule has 6 atom stereocenters. The lowest BCUT2D eigenvalue weighted by atomic mass is 9.84. The Kier molecular flexibility index (Phi) is 9.30. The zero-order chi connectivity index (χ0) is 31.6. The Labute approximate surface area is 247 Å². The SMILES string of the molecule is CC(NP(=O)(OCC1OC(n2ccc(=O)[nH]c2=O)C(C)(C#N)C1O)Oc1cccc2ccccc12)C(=O)OCC(C)(C)C. The second-order valence-corrected chi connectivity index (χ2v) is 13.5. The molecule has 0 amide bonds. The van der Waals surface area contributed by atoms with Crippen molar-refractivity contribution in [2.75, 3.05) is 13.2 Å². The Hall–Kier alpha value is -3.79. The molecule has 0 saturated carbocycles. The molecule has 3 aromatic rings. The van der Waals surface area contributed by atoms with E-state index in [1.807, 2.05) is 45.0 Å². The van der Waals surface area contributed by atoms with Gasteiger partial charge in [-0.05, 0) is 30.7 Å². The van der Waals surface area contributed by atoms with E-state index >= 15 is 0 Å². The number of carbonyl (C=O) groups excluding carboxylic acids is 1. The first-order valence-corrected chi connectivity index (χ1v) is 15.1. The smallest absolute Gasteiger partial charge is 0.459 e. The van der Waals surface area contributed by atoms with E-state index < -0.39 is 61.5 Å². The van der Waals surface area contributed by atoms with Crippen molar-refractivity contribution in [2.45, 2.75) is 59.1 Å². The summed E-state index contributed by atoms with van der Waals surface area (Å²) in [5.74, 6) is -0.483. The highest BCUT2D eigenvalue weighted by Crippen LogP contribution is 2.49. The first kappa shape index (κ1) is 32.1. The summed E-state index contributed by atoms with van der Waals surface area (Å²) in [6.07, 6.45) is -2.94. The summed E-state index contributed by atoms with van der Waals surface area (Å²) in [5, 5.41) is 25.1. The first-order valence-electron chi connectivity index (χ1n) is 13.6. The normalized spacial score (nSPS) is 24.2. The molecule has 1 aliphatic heterocycles. The average Bonchev–Trinajstić information content (AvgIpc) is 3.20. The van der Waals surface area contributed by atoms with Gasteiger partial charge in [0.15, 0.2) is 6.23 Å². The molecule has 2 aromatic carbocycles. The molecule has 1 saturated heterocycles. The number of rotatable bonds is 10.